The molecule has 136 valence electrons. The fourth-order valence-electron chi connectivity index (χ4n) is 3.04. The van der Waals surface area contributed by atoms with Gasteiger partial charge in [-0.15, -0.1) is 0 Å². The maximum absolute atomic E-state index is 12.4. The van der Waals surface area contributed by atoms with Gasteiger partial charge < -0.3 is 15.5 Å². The molecule has 1 aromatic carbocycles. The molecule has 25 heavy (non-hydrogen) atoms. The highest BCUT2D eigenvalue weighted by molar-refractivity contribution is 5.87. The normalized spacial score (nSPS) is 15.6. The zero-order valence-electron chi connectivity index (χ0n) is 15.7. The maximum atomic E-state index is 12.4. The molecule has 5 nitrogen and oxygen atoms in total. The third-order valence-corrected chi connectivity index (χ3v) is 4.64. The lowest BCUT2D eigenvalue weighted by Crippen LogP contribution is -2.53. The van der Waals surface area contributed by atoms with Crippen molar-refractivity contribution in [1.82, 2.24) is 15.5 Å². The molecule has 0 radical (unpaired) electrons. The first-order chi connectivity index (χ1) is 11.7. The molecule has 2 N–H and O–H groups in total. The standard InChI is InChI=1S/C20H29N3O2/c1-14(2)16-9-8-10-17(13-16)20(4,5)22-19(25)21-15(3)18(24)23-11-6-7-12-23/h8-10,13,15H,1,6-7,11-12H2,2-5H3,(H2,21,22,25)/t15-/m0/s1. The molecule has 0 unspecified atom stereocenters. The SMILES string of the molecule is C=C(C)c1cccc(C(C)(C)NC(=O)N[C@@H](C)C(=O)N2CCCC2)c1. The van der Waals surface area contributed by atoms with Gasteiger partial charge in [-0.05, 0) is 57.7 Å². The Hall–Kier alpha value is -2.30. The molecule has 0 saturated carbocycles. The minimum atomic E-state index is -0.564. The highest BCUT2D eigenvalue weighted by Gasteiger charge is 2.27. The van der Waals surface area contributed by atoms with Crippen LogP contribution in [0.15, 0.2) is 30.8 Å². The van der Waals surface area contributed by atoms with E-state index in [1.54, 1.807) is 6.92 Å². The molecule has 1 atom stereocenters. The zero-order valence-corrected chi connectivity index (χ0v) is 15.7. The topological polar surface area (TPSA) is 61.4 Å². The summed E-state index contributed by atoms with van der Waals surface area (Å²) in [5.74, 6) is -0.0188. The summed E-state index contributed by atoms with van der Waals surface area (Å²) in [6.07, 6.45) is 2.08. The zero-order chi connectivity index (χ0) is 18.6. The first-order valence-corrected chi connectivity index (χ1v) is 8.84. The van der Waals surface area contributed by atoms with E-state index in [9.17, 15) is 9.59 Å². The number of hydrogen-bond donors (Lipinski definition) is 2. The predicted octanol–water partition coefficient (Wildman–Crippen LogP) is 3.26. The summed E-state index contributed by atoms with van der Waals surface area (Å²) >= 11 is 0. The number of allylic oxidation sites excluding steroid dienone is 1. The van der Waals surface area contributed by atoms with Gasteiger partial charge in [0.2, 0.25) is 5.91 Å². The largest absolute Gasteiger partial charge is 0.341 e. The first-order valence-electron chi connectivity index (χ1n) is 8.84. The van der Waals surface area contributed by atoms with Crippen molar-refractivity contribution in [1.29, 1.82) is 0 Å². The van der Waals surface area contributed by atoms with Crippen LogP contribution < -0.4 is 10.6 Å². The summed E-state index contributed by atoms with van der Waals surface area (Å²) in [7, 11) is 0. The number of amides is 3. The van der Waals surface area contributed by atoms with Crippen molar-refractivity contribution in [2.45, 2.75) is 52.1 Å². The highest BCUT2D eigenvalue weighted by atomic mass is 16.2. The molecule has 0 aliphatic carbocycles. The molecule has 1 fully saturated rings. The van der Waals surface area contributed by atoms with Crippen molar-refractivity contribution in [2.24, 2.45) is 0 Å². The lowest BCUT2D eigenvalue weighted by molar-refractivity contribution is -0.131. The monoisotopic (exact) mass is 343 g/mol. The number of carbonyl (C=O) groups excluding carboxylic acids is 2. The van der Waals surface area contributed by atoms with E-state index in [0.717, 1.165) is 42.6 Å². The molecule has 1 aromatic rings. The lowest BCUT2D eigenvalue weighted by atomic mass is 9.92. The van der Waals surface area contributed by atoms with Crippen LogP contribution in [0.3, 0.4) is 0 Å². The molecule has 1 aliphatic heterocycles. The number of likely N-dealkylation sites (tertiary alicyclic amines) is 1. The molecule has 1 saturated heterocycles. The fraction of sp³-hybridized carbons (Fsp3) is 0.500. The van der Waals surface area contributed by atoms with E-state index in [0.29, 0.717) is 0 Å². The molecule has 0 bridgehead atoms. The second kappa shape index (κ2) is 7.72. The van der Waals surface area contributed by atoms with Gasteiger partial charge in [-0.3, -0.25) is 4.79 Å². The number of nitrogens with one attached hydrogen (secondary N) is 2. The van der Waals surface area contributed by atoms with Crippen LogP contribution in [0.5, 0.6) is 0 Å². The van der Waals surface area contributed by atoms with Crippen molar-refractivity contribution in [3.63, 3.8) is 0 Å². The van der Waals surface area contributed by atoms with Crippen LogP contribution in [0.1, 0.15) is 51.7 Å². The molecule has 0 spiro atoms. The summed E-state index contributed by atoms with van der Waals surface area (Å²) in [5, 5.41) is 5.73. The van der Waals surface area contributed by atoms with Crippen molar-refractivity contribution in [2.75, 3.05) is 13.1 Å². The summed E-state index contributed by atoms with van der Waals surface area (Å²) in [5.41, 5.74) is 2.45. The van der Waals surface area contributed by atoms with Crippen LogP contribution >= 0.6 is 0 Å². The average molecular weight is 343 g/mol. The molecular formula is C20H29N3O2. The number of nitrogens with zero attached hydrogens (tertiary/aromatic N) is 1. The minimum absolute atomic E-state index is 0.0188. The van der Waals surface area contributed by atoms with Crippen LogP contribution in [0.4, 0.5) is 4.79 Å². The molecule has 2 rings (SSSR count). The predicted molar refractivity (Wildman–Crippen MR) is 101 cm³/mol. The third kappa shape index (κ3) is 4.84. The van der Waals surface area contributed by atoms with Crippen molar-refractivity contribution in [3.05, 3.63) is 42.0 Å². The van der Waals surface area contributed by atoms with E-state index < -0.39 is 11.6 Å². The molecule has 1 aliphatic rings. The first kappa shape index (κ1) is 19.0. The van der Waals surface area contributed by atoms with Gasteiger partial charge in [0.1, 0.15) is 6.04 Å². The lowest BCUT2D eigenvalue weighted by Gasteiger charge is -2.29. The van der Waals surface area contributed by atoms with Crippen LogP contribution in [-0.2, 0) is 10.3 Å². The van der Waals surface area contributed by atoms with E-state index in [1.807, 2.05) is 49.9 Å². The fourth-order valence-corrected chi connectivity index (χ4v) is 3.04. The Labute approximate surface area is 150 Å². The second-order valence-electron chi connectivity index (χ2n) is 7.34. The third-order valence-electron chi connectivity index (χ3n) is 4.64. The van der Waals surface area contributed by atoms with Gasteiger partial charge in [0.15, 0.2) is 0 Å². The van der Waals surface area contributed by atoms with Gasteiger partial charge in [0, 0.05) is 13.1 Å². The Balaban J connectivity index is 1.99. The van der Waals surface area contributed by atoms with Gasteiger partial charge >= 0.3 is 6.03 Å². The van der Waals surface area contributed by atoms with Crippen molar-refractivity contribution in [3.8, 4) is 0 Å². The van der Waals surface area contributed by atoms with Crippen molar-refractivity contribution >= 4 is 17.5 Å². The van der Waals surface area contributed by atoms with Gasteiger partial charge in [-0.25, -0.2) is 4.79 Å². The summed E-state index contributed by atoms with van der Waals surface area (Å²) in [4.78, 5) is 26.5. The second-order valence-corrected chi connectivity index (χ2v) is 7.34. The van der Waals surface area contributed by atoms with Crippen LogP contribution in [-0.4, -0.2) is 36.0 Å². The Kier molecular flexibility index (Phi) is 5.88. The average Bonchev–Trinajstić information content (AvgIpc) is 3.07. The van der Waals surface area contributed by atoms with E-state index in [-0.39, 0.29) is 11.9 Å². The Morgan fingerprint density at radius 2 is 1.88 bits per heavy atom. The summed E-state index contributed by atoms with van der Waals surface area (Å²) in [6.45, 7) is 13.1. The summed E-state index contributed by atoms with van der Waals surface area (Å²) < 4.78 is 0. The van der Waals surface area contributed by atoms with Gasteiger partial charge in [-0.2, -0.15) is 0 Å². The van der Waals surface area contributed by atoms with Crippen LogP contribution in [0.2, 0.25) is 0 Å². The molecule has 0 aromatic heterocycles. The Morgan fingerprint density at radius 3 is 2.48 bits per heavy atom. The summed E-state index contributed by atoms with van der Waals surface area (Å²) in [6, 6.07) is 7.09. The molecule has 3 amide bonds. The number of rotatable bonds is 5. The van der Waals surface area contributed by atoms with E-state index in [1.165, 1.54) is 0 Å². The van der Waals surface area contributed by atoms with E-state index >= 15 is 0 Å². The van der Waals surface area contributed by atoms with Gasteiger partial charge in [0.25, 0.3) is 0 Å². The van der Waals surface area contributed by atoms with Gasteiger partial charge in [0.05, 0.1) is 5.54 Å². The number of carbonyl (C=O) groups is 2. The minimum Gasteiger partial charge on any atom is -0.341 e. The molecular weight excluding hydrogens is 314 g/mol. The highest BCUT2D eigenvalue weighted by Crippen LogP contribution is 2.23. The Bertz CT molecular complexity index is 661. The maximum Gasteiger partial charge on any atom is 0.316 e. The number of benzene rings is 1. The number of urea groups is 1. The van der Waals surface area contributed by atoms with Crippen LogP contribution in [0.25, 0.3) is 5.57 Å². The van der Waals surface area contributed by atoms with Crippen molar-refractivity contribution < 1.29 is 9.59 Å². The number of hydrogen-bond acceptors (Lipinski definition) is 2. The van der Waals surface area contributed by atoms with Gasteiger partial charge in [-0.1, -0.05) is 30.4 Å². The Morgan fingerprint density at radius 1 is 1.24 bits per heavy atom. The quantitative estimate of drug-likeness (QED) is 0.862. The molecule has 1 heterocycles. The molecule has 5 heteroatoms. The van der Waals surface area contributed by atoms with Crippen LogP contribution in [0, 0.1) is 0 Å². The smallest absolute Gasteiger partial charge is 0.316 e. The van der Waals surface area contributed by atoms with E-state index in [2.05, 4.69) is 17.2 Å². The van der Waals surface area contributed by atoms with E-state index in [4.69, 9.17) is 0 Å².